The summed E-state index contributed by atoms with van der Waals surface area (Å²) >= 11 is 0. The molecule has 2 saturated heterocycles. The molecular weight excluding hydrogens is 504 g/mol. The molecule has 40 heavy (non-hydrogen) atoms. The number of imide groups is 1. The highest BCUT2D eigenvalue weighted by Gasteiger charge is 2.37. The fourth-order valence-electron chi connectivity index (χ4n) is 6.33. The molecule has 2 atom stereocenters. The molecular formula is C32H34N4O4. The van der Waals surface area contributed by atoms with E-state index >= 15 is 0 Å². The first kappa shape index (κ1) is 27.6. The van der Waals surface area contributed by atoms with Crippen LogP contribution in [0, 0.1) is 34.5 Å². The molecule has 3 aliphatic rings. The van der Waals surface area contributed by atoms with E-state index in [1.807, 2.05) is 36.4 Å². The highest BCUT2D eigenvalue weighted by atomic mass is 16.5. The summed E-state index contributed by atoms with van der Waals surface area (Å²) in [6, 6.07) is 17.8. The molecule has 2 aliphatic heterocycles. The molecule has 1 N–H and O–H groups in total. The van der Waals surface area contributed by atoms with Gasteiger partial charge in [-0.3, -0.25) is 19.7 Å². The van der Waals surface area contributed by atoms with Gasteiger partial charge in [0.05, 0.1) is 29.7 Å². The number of Topliss-reactive ketones (excluding diaryl/α,β-unsaturated/α-hetero) is 1. The van der Waals surface area contributed by atoms with E-state index < -0.39 is 5.41 Å². The number of fused-ring (bicyclic) bond motifs is 1. The zero-order chi connectivity index (χ0) is 28.1. The van der Waals surface area contributed by atoms with Crippen LogP contribution in [0.1, 0.15) is 72.0 Å². The molecule has 2 aromatic rings. The van der Waals surface area contributed by atoms with Gasteiger partial charge in [-0.15, -0.1) is 0 Å². The minimum atomic E-state index is -0.550. The van der Waals surface area contributed by atoms with E-state index in [0.29, 0.717) is 44.3 Å². The van der Waals surface area contributed by atoms with E-state index in [1.165, 1.54) is 0 Å². The van der Waals surface area contributed by atoms with Gasteiger partial charge in [0.25, 0.3) is 0 Å². The van der Waals surface area contributed by atoms with Gasteiger partial charge in [-0.05, 0) is 81.8 Å². The van der Waals surface area contributed by atoms with Gasteiger partial charge < -0.3 is 9.64 Å². The average molecular weight is 539 g/mol. The van der Waals surface area contributed by atoms with Crippen molar-refractivity contribution in [2.24, 2.45) is 11.8 Å². The molecule has 0 spiro atoms. The Morgan fingerprint density at radius 2 is 1.80 bits per heavy atom. The van der Waals surface area contributed by atoms with Crippen LogP contribution in [0.4, 0.5) is 0 Å². The Labute approximate surface area is 234 Å². The second-order valence-electron chi connectivity index (χ2n) is 11.2. The molecule has 2 heterocycles. The van der Waals surface area contributed by atoms with E-state index in [0.717, 1.165) is 61.3 Å². The van der Waals surface area contributed by atoms with E-state index in [2.05, 4.69) is 22.4 Å². The molecule has 206 valence electrons. The van der Waals surface area contributed by atoms with Crippen molar-refractivity contribution in [3.05, 3.63) is 64.7 Å². The fraction of sp³-hybridized carbons (Fsp3) is 0.469. The number of likely N-dealkylation sites (tertiary alicyclic amines) is 1. The molecule has 2 unspecified atom stereocenters. The zero-order valence-corrected chi connectivity index (χ0v) is 22.7. The second kappa shape index (κ2) is 12.0. The summed E-state index contributed by atoms with van der Waals surface area (Å²) in [4.78, 5) is 38.9. The lowest BCUT2D eigenvalue weighted by Gasteiger charge is -2.37. The number of nitriles is 2. The second-order valence-corrected chi connectivity index (χ2v) is 11.2. The number of rotatable bonds is 9. The molecule has 0 bridgehead atoms. The standard InChI is InChI=1S/C32H34N4O4/c33-20-22-4-1-5-25(18-22)32(21-34)12-15-36(16-13-32)14-3-17-40-28-7-2-6-26-27(28)19-24(30(26)38)9-8-23-10-11-29(37)35-31(23)39/h1-2,4-7,18,23-24H,3,8-17,19H2,(H,35,37,39). The van der Waals surface area contributed by atoms with Gasteiger partial charge in [-0.2, -0.15) is 10.5 Å². The Hall–Kier alpha value is -4.01. The summed E-state index contributed by atoms with van der Waals surface area (Å²) in [6.07, 6.45) is 5.05. The Morgan fingerprint density at radius 3 is 2.55 bits per heavy atom. The van der Waals surface area contributed by atoms with Gasteiger partial charge in [0.15, 0.2) is 5.78 Å². The average Bonchev–Trinajstić information content (AvgIpc) is 3.31. The third-order valence-electron chi connectivity index (χ3n) is 8.78. The Kier molecular flexibility index (Phi) is 8.28. The van der Waals surface area contributed by atoms with Gasteiger partial charge in [-0.25, -0.2) is 0 Å². The first-order valence-corrected chi connectivity index (χ1v) is 14.2. The summed E-state index contributed by atoms with van der Waals surface area (Å²) in [5.74, 6) is 0.0680. The smallest absolute Gasteiger partial charge is 0.229 e. The SMILES string of the molecule is N#Cc1cccc(C2(C#N)CCN(CCCOc3cccc4c3CC(CCC3CCC(=O)NC3=O)C4=O)CC2)c1. The number of carbonyl (C=O) groups is 3. The summed E-state index contributed by atoms with van der Waals surface area (Å²) in [5.41, 5.74) is 2.64. The predicted octanol–water partition coefficient (Wildman–Crippen LogP) is 4.07. The summed E-state index contributed by atoms with van der Waals surface area (Å²) in [7, 11) is 0. The van der Waals surface area contributed by atoms with Crippen LogP contribution in [-0.4, -0.2) is 48.7 Å². The van der Waals surface area contributed by atoms with Crippen LogP contribution in [0.5, 0.6) is 5.75 Å². The number of nitrogens with one attached hydrogen (secondary N) is 1. The van der Waals surface area contributed by atoms with Gasteiger partial charge in [0.1, 0.15) is 5.75 Å². The first-order valence-electron chi connectivity index (χ1n) is 14.2. The van der Waals surface area contributed by atoms with Gasteiger partial charge >= 0.3 is 0 Å². The maximum atomic E-state index is 13.1. The monoisotopic (exact) mass is 538 g/mol. The van der Waals surface area contributed by atoms with Crippen LogP contribution in [0.3, 0.4) is 0 Å². The minimum Gasteiger partial charge on any atom is -0.493 e. The van der Waals surface area contributed by atoms with Crippen LogP contribution < -0.4 is 10.1 Å². The summed E-state index contributed by atoms with van der Waals surface area (Å²) < 4.78 is 6.15. The van der Waals surface area contributed by atoms with Crippen molar-refractivity contribution in [3.63, 3.8) is 0 Å². The molecule has 0 radical (unpaired) electrons. The van der Waals surface area contributed by atoms with Gasteiger partial charge in [0.2, 0.25) is 11.8 Å². The van der Waals surface area contributed by atoms with E-state index in [4.69, 9.17) is 4.74 Å². The Bertz CT molecular complexity index is 1380. The van der Waals surface area contributed by atoms with Crippen molar-refractivity contribution in [1.82, 2.24) is 10.2 Å². The third kappa shape index (κ3) is 5.78. The van der Waals surface area contributed by atoms with Crippen molar-refractivity contribution < 1.29 is 19.1 Å². The maximum absolute atomic E-state index is 13.1. The molecule has 2 aromatic carbocycles. The highest BCUT2D eigenvalue weighted by Crippen LogP contribution is 2.37. The predicted molar refractivity (Wildman–Crippen MR) is 147 cm³/mol. The topological polar surface area (TPSA) is 123 Å². The van der Waals surface area contributed by atoms with Crippen LogP contribution in [0.2, 0.25) is 0 Å². The summed E-state index contributed by atoms with van der Waals surface area (Å²) in [5, 5.41) is 21.6. The normalized spacial score (nSPS) is 22.2. The Morgan fingerprint density at radius 1 is 1.02 bits per heavy atom. The largest absolute Gasteiger partial charge is 0.493 e. The zero-order valence-electron chi connectivity index (χ0n) is 22.7. The third-order valence-corrected chi connectivity index (χ3v) is 8.78. The summed E-state index contributed by atoms with van der Waals surface area (Å²) in [6.45, 7) is 3.03. The number of ketones is 1. The molecule has 0 saturated carbocycles. The Balaban J connectivity index is 1.09. The quantitative estimate of drug-likeness (QED) is 0.377. The van der Waals surface area contributed by atoms with Crippen molar-refractivity contribution in [2.45, 2.75) is 56.8 Å². The molecule has 5 rings (SSSR count). The molecule has 8 heteroatoms. The molecule has 2 amide bonds. The van der Waals surface area contributed by atoms with Crippen LogP contribution in [-0.2, 0) is 21.4 Å². The number of hydrogen-bond donors (Lipinski definition) is 1. The van der Waals surface area contributed by atoms with Crippen LogP contribution >= 0.6 is 0 Å². The van der Waals surface area contributed by atoms with Gasteiger partial charge in [-0.1, -0.05) is 24.3 Å². The number of carbonyl (C=O) groups excluding carboxylic acids is 3. The number of amides is 2. The highest BCUT2D eigenvalue weighted by molar-refractivity contribution is 6.03. The van der Waals surface area contributed by atoms with Crippen molar-refractivity contribution in [2.75, 3.05) is 26.2 Å². The number of benzene rings is 2. The molecule has 0 aromatic heterocycles. The van der Waals surface area contributed by atoms with Gasteiger partial charge in [0, 0.05) is 35.9 Å². The number of ether oxygens (including phenoxy) is 1. The van der Waals surface area contributed by atoms with E-state index in [9.17, 15) is 24.9 Å². The van der Waals surface area contributed by atoms with Crippen molar-refractivity contribution in [3.8, 4) is 17.9 Å². The molecule has 2 fully saturated rings. The minimum absolute atomic E-state index is 0.113. The van der Waals surface area contributed by atoms with Crippen LogP contribution in [0.15, 0.2) is 42.5 Å². The number of hydrogen-bond acceptors (Lipinski definition) is 7. The number of piperidine rings is 2. The van der Waals surface area contributed by atoms with E-state index in [1.54, 1.807) is 6.07 Å². The molecule has 1 aliphatic carbocycles. The lowest BCUT2D eigenvalue weighted by Crippen LogP contribution is -2.42. The first-order chi connectivity index (χ1) is 19.4. The molecule has 8 nitrogen and oxygen atoms in total. The number of nitrogens with zero attached hydrogens (tertiary/aromatic N) is 3. The fourth-order valence-corrected chi connectivity index (χ4v) is 6.33. The van der Waals surface area contributed by atoms with Crippen molar-refractivity contribution >= 4 is 17.6 Å². The maximum Gasteiger partial charge on any atom is 0.229 e. The lowest BCUT2D eigenvalue weighted by atomic mass is 9.73. The van der Waals surface area contributed by atoms with Crippen molar-refractivity contribution in [1.29, 1.82) is 10.5 Å². The lowest BCUT2D eigenvalue weighted by molar-refractivity contribution is -0.136. The van der Waals surface area contributed by atoms with E-state index in [-0.39, 0.29) is 29.4 Å². The van der Waals surface area contributed by atoms with Crippen LogP contribution in [0.25, 0.3) is 0 Å².